The van der Waals surface area contributed by atoms with Crippen molar-refractivity contribution in [2.24, 2.45) is 5.84 Å². The first-order valence-electron chi connectivity index (χ1n) is 5.78. The number of nitrogens with one attached hydrogen (secondary N) is 1. The SMILES string of the molecule is CN(C(=O)c1cnc(NN)cn1)C1CCCC1. The van der Waals surface area contributed by atoms with E-state index in [2.05, 4.69) is 15.4 Å². The van der Waals surface area contributed by atoms with Crippen LogP contribution >= 0.6 is 0 Å². The van der Waals surface area contributed by atoms with E-state index in [4.69, 9.17) is 5.84 Å². The van der Waals surface area contributed by atoms with Crippen LogP contribution in [0.25, 0.3) is 0 Å². The number of hydrogen-bond acceptors (Lipinski definition) is 5. The van der Waals surface area contributed by atoms with Crippen LogP contribution in [0.2, 0.25) is 0 Å². The molecule has 1 aliphatic rings. The molecule has 1 saturated carbocycles. The van der Waals surface area contributed by atoms with Crippen molar-refractivity contribution in [1.29, 1.82) is 0 Å². The first-order valence-corrected chi connectivity index (χ1v) is 5.78. The maximum atomic E-state index is 12.1. The summed E-state index contributed by atoms with van der Waals surface area (Å²) in [5, 5.41) is 0. The van der Waals surface area contributed by atoms with Gasteiger partial charge in [-0.1, -0.05) is 12.8 Å². The maximum Gasteiger partial charge on any atom is 0.274 e. The number of hydrogen-bond donors (Lipinski definition) is 2. The van der Waals surface area contributed by atoms with Crippen LogP contribution in [0.15, 0.2) is 12.4 Å². The molecule has 0 unspecified atom stereocenters. The molecule has 1 aromatic heterocycles. The zero-order chi connectivity index (χ0) is 12.3. The fourth-order valence-electron chi connectivity index (χ4n) is 2.15. The molecule has 6 heteroatoms. The number of amides is 1. The van der Waals surface area contributed by atoms with Crippen LogP contribution in [0, 0.1) is 0 Å². The molecule has 2 rings (SSSR count). The van der Waals surface area contributed by atoms with Gasteiger partial charge in [-0.3, -0.25) is 4.79 Å². The lowest BCUT2D eigenvalue weighted by Gasteiger charge is -2.23. The summed E-state index contributed by atoms with van der Waals surface area (Å²) < 4.78 is 0. The Hall–Kier alpha value is -1.69. The summed E-state index contributed by atoms with van der Waals surface area (Å²) in [6.45, 7) is 0. The summed E-state index contributed by atoms with van der Waals surface area (Å²) in [5.41, 5.74) is 2.74. The van der Waals surface area contributed by atoms with Crippen molar-refractivity contribution in [3.63, 3.8) is 0 Å². The number of carbonyl (C=O) groups excluding carboxylic acids is 1. The molecule has 0 spiro atoms. The molecule has 0 atom stereocenters. The van der Waals surface area contributed by atoms with Gasteiger partial charge in [0.15, 0.2) is 5.82 Å². The average Bonchev–Trinajstić information content (AvgIpc) is 2.91. The van der Waals surface area contributed by atoms with Gasteiger partial charge in [-0.05, 0) is 12.8 Å². The van der Waals surface area contributed by atoms with Gasteiger partial charge >= 0.3 is 0 Å². The molecule has 0 saturated heterocycles. The second-order valence-corrected chi connectivity index (χ2v) is 4.29. The van der Waals surface area contributed by atoms with Crippen LogP contribution in [0.4, 0.5) is 5.82 Å². The van der Waals surface area contributed by atoms with Crippen LogP contribution in [0.1, 0.15) is 36.2 Å². The summed E-state index contributed by atoms with van der Waals surface area (Å²) in [6, 6.07) is 0.344. The predicted molar refractivity (Wildman–Crippen MR) is 64.2 cm³/mol. The normalized spacial score (nSPS) is 15.9. The fraction of sp³-hybridized carbons (Fsp3) is 0.545. The molecule has 17 heavy (non-hydrogen) atoms. The fourth-order valence-corrected chi connectivity index (χ4v) is 2.15. The average molecular weight is 235 g/mol. The maximum absolute atomic E-state index is 12.1. The Labute approximate surface area is 100 Å². The molecule has 6 nitrogen and oxygen atoms in total. The minimum atomic E-state index is -0.0760. The van der Waals surface area contributed by atoms with Gasteiger partial charge in [0.25, 0.3) is 5.91 Å². The quantitative estimate of drug-likeness (QED) is 0.597. The molecule has 92 valence electrons. The van der Waals surface area contributed by atoms with E-state index >= 15 is 0 Å². The van der Waals surface area contributed by atoms with E-state index in [1.807, 2.05) is 7.05 Å². The molecule has 1 fully saturated rings. The van der Waals surface area contributed by atoms with Crippen LogP contribution < -0.4 is 11.3 Å². The summed E-state index contributed by atoms with van der Waals surface area (Å²) in [7, 11) is 1.83. The number of nitrogen functional groups attached to an aromatic ring is 1. The van der Waals surface area contributed by atoms with E-state index in [1.54, 1.807) is 4.90 Å². The largest absolute Gasteiger partial charge is 0.337 e. The van der Waals surface area contributed by atoms with Gasteiger partial charge in [0, 0.05) is 13.1 Å². The minimum absolute atomic E-state index is 0.0760. The van der Waals surface area contributed by atoms with E-state index in [-0.39, 0.29) is 5.91 Å². The first-order chi connectivity index (χ1) is 8.22. The summed E-state index contributed by atoms with van der Waals surface area (Å²) in [6.07, 6.45) is 7.46. The van der Waals surface area contributed by atoms with Crippen LogP contribution in [0.3, 0.4) is 0 Å². The number of aromatic nitrogens is 2. The second kappa shape index (κ2) is 5.09. The first kappa shape index (κ1) is 11.8. The molecule has 0 bridgehead atoms. The van der Waals surface area contributed by atoms with E-state index < -0.39 is 0 Å². The van der Waals surface area contributed by atoms with Gasteiger partial charge in [0.2, 0.25) is 0 Å². The van der Waals surface area contributed by atoms with E-state index in [9.17, 15) is 4.79 Å². The van der Waals surface area contributed by atoms with E-state index in [0.717, 1.165) is 12.8 Å². The Morgan fingerprint density at radius 1 is 1.41 bits per heavy atom. The number of rotatable bonds is 3. The lowest BCUT2D eigenvalue weighted by molar-refractivity contribution is 0.0729. The summed E-state index contributed by atoms with van der Waals surface area (Å²) in [5.74, 6) is 5.56. The molecule has 1 aliphatic carbocycles. The van der Waals surface area contributed by atoms with Crippen molar-refractivity contribution in [2.75, 3.05) is 12.5 Å². The molecule has 0 aliphatic heterocycles. The highest BCUT2D eigenvalue weighted by Gasteiger charge is 2.24. The minimum Gasteiger partial charge on any atom is -0.337 e. The van der Waals surface area contributed by atoms with Gasteiger partial charge < -0.3 is 10.3 Å². The zero-order valence-corrected chi connectivity index (χ0v) is 9.89. The van der Waals surface area contributed by atoms with Crippen LogP contribution in [-0.2, 0) is 0 Å². The third-order valence-corrected chi connectivity index (χ3v) is 3.21. The number of nitrogens with zero attached hydrogens (tertiary/aromatic N) is 3. The smallest absolute Gasteiger partial charge is 0.274 e. The number of anilines is 1. The summed E-state index contributed by atoms with van der Waals surface area (Å²) >= 11 is 0. The Kier molecular flexibility index (Phi) is 3.53. The highest BCUT2D eigenvalue weighted by molar-refractivity contribution is 5.92. The third kappa shape index (κ3) is 2.52. The molecular formula is C11H17N5O. The Morgan fingerprint density at radius 3 is 2.65 bits per heavy atom. The zero-order valence-electron chi connectivity index (χ0n) is 9.89. The lowest BCUT2D eigenvalue weighted by Crippen LogP contribution is -2.35. The molecule has 0 aromatic carbocycles. The van der Waals surface area contributed by atoms with Crippen molar-refractivity contribution in [3.8, 4) is 0 Å². The molecule has 0 radical (unpaired) electrons. The Bertz CT molecular complexity index is 385. The highest BCUT2D eigenvalue weighted by Crippen LogP contribution is 2.23. The Balaban J connectivity index is 2.07. The lowest BCUT2D eigenvalue weighted by atomic mass is 10.2. The van der Waals surface area contributed by atoms with Gasteiger partial charge in [-0.15, -0.1) is 0 Å². The van der Waals surface area contributed by atoms with Gasteiger partial charge in [-0.2, -0.15) is 0 Å². The van der Waals surface area contributed by atoms with Gasteiger partial charge in [0.05, 0.1) is 12.4 Å². The number of nitrogens with two attached hydrogens (primary N) is 1. The second-order valence-electron chi connectivity index (χ2n) is 4.29. The topological polar surface area (TPSA) is 84.1 Å². The standard InChI is InChI=1S/C11H17N5O/c1-16(8-4-2-3-5-8)11(17)9-6-14-10(15-12)7-13-9/h6-8H,2-5,12H2,1H3,(H,14,15). The molecule has 1 heterocycles. The van der Waals surface area contributed by atoms with Crippen molar-refractivity contribution < 1.29 is 4.79 Å². The monoisotopic (exact) mass is 235 g/mol. The van der Waals surface area contributed by atoms with Crippen LogP contribution in [-0.4, -0.2) is 33.9 Å². The third-order valence-electron chi connectivity index (χ3n) is 3.21. The van der Waals surface area contributed by atoms with E-state index in [0.29, 0.717) is 17.6 Å². The van der Waals surface area contributed by atoms with Crippen LogP contribution in [0.5, 0.6) is 0 Å². The van der Waals surface area contributed by atoms with Crippen molar-refractivity contribution in [2.45, 2.75) is 31.7 Å². The molecular weight excluding hydrogens is 218 g/mol. The predicted octanol–water partition coefficient (Wildman–Crippen LogP) is 0.777. The van der Waals surface area contributed by atoms with E-state index in [1.165, 1.54) is 25.2 Å². The van der Waals surface area contributed by atoms with Crippen molar-refractivity contribution in [3.05, 3.63) is 18.1 Å². The van der Waals surface area contributed by atoms with Crippen molar-refractivity contribution in [1.82, 2.24) is 14.9 Å². The number of carbonyl (C=O) groups is 1. The van der Waals surface area contributed by atoms with Gasteiger partial charge in [0.1, 0.15) is 5.69 Å². The number of hydrazine groups is 1. The molecule has 3 N–H and O–H groups in total. The molecule has 1 amide bonds. The van der Waals surface area contributed by atoms with Crippen molar-refractivity contribution >= 4 is 11.7 Å². The summed E-state index contributed by atoms with van der Waals surface area (Å²) in [4.78, 5) is 21.9. The Morgan fingerprint density at radius 2 is 2.12 bits per heavy atom. The highest BCUT2D eigenvalue weighted by atomic mass is 16.2. The van der Waals surface area contributed by atoms with Gasteiger partial charge in [-0.25, -0.2) is 15.8 Å². The molecule has 1 aromatic rings.